The maximum Gasteiger partial charge on any atom is 0.145 e. The van der Waals surface area contributed by atoms with Gasteiger partial charge in [-0.2, -0.15) is 0 Å². The van der Waals surface area contributed by atoms with E-state index in [2.05, 4.69) is 41.1 Å². The molecule has 0 saturated heterocycles. The second kappa shape index (κ2) is 5.30. The van der Waals surface area contributed by atoms with Gasteiger partial charge < -0.3 is 15.4 Å². The highest BCUT2D eigenvalue weighted by atomic mass is 16.3. The minimum atomic E-state index is -0.143. The first-order valence-electron chi connectivity index (χ1n) is 6.69. The van der Waals surface area contributed by atoms with E-state index in [-0.39, 0.29) is 12.0 Å². The van der Waals surface area contributed by atoms with Crippen LogP contribution in [-0.4, -0.2) is 34.3 Å². The van der Waals surface area contributed by atoms with E-state index in [4.69, 9.17) is 5.84 Å². The number of aliphatic hydroxyl groups is 1. The van der Waals surface area contributed by atoms with E-state index in [9.17, 15) is 5.11 Å². The van der Waals surface area contributed by atoms with Gasteiger partial charge in [0.15, 0.2) is 0 Å². The average Bonchev–Trinajstić information content (AvgIpc) is 3.18. The number of anilines is 2. The van der Waals surface area contributed by atoms with Crippen LogP contribution in [0.4, 0.5) is 11.6 Å². The van der Waals surface area contributed by atoms with Crippen LogP contribution in [0, 0.1) is 0 Å². The van der Waals surface area contributed by atoms with E-state index in [0.29, 0.717) is 18.4 Å². The van der Waals surface area contributed by atoms with Gasteiger partial charge in [-0.05, 0) is 12.8 Å². The highest BCUT2D eigenvalue weighted by molar-refractivity contribution is 5.51. The maximum atomic E-state index is 9.20. The number of rotatable bonds is 5. The molecular formula is C13H23N5O. The summed E-state index contributed by atoms with van der Waals surface area (Å²) in [6.07, 6.45) is 2.31. The summed E-state index contributed by atoms with van der Waals surface area (Å²) in [6.45, 7) is 6.92. The zero-order valence-electron chi connectivity index (χ0n) is 11.8. The molecule has 19 heavy (non-hydrogen) atoms. The summed E-state index contributed by atoms with van der Waals surface area (Å²) in [5.74, 6) is 7.69. The molecule has 0 atom stereocenters. The molecule has 0 aromatic carbocycles. The molecule has 1 aromatic rings. The summed E-state index contributed by atoms with van der Waals surface area (Å²) in [4.78, 5) is 11.2. The molecule has 1 fully saturated rings. The molecule has 6 nitrogen and oxygen atoms in total. The van der Waals surface area contributed by atoms with Crippen molar-refractivity contribution in [3.05, 3.63) is 11.9 Å². The molecule has 0 radical (unpaired) electrons. The summed E-state index contributed by atoms with van der Waals surface area (Å²) in [5.41, 5.74) is 2.45. The molecule has 0 bridgehead atoms. The summed E-state index contributed by atoms with van der Waals surface area (Å²) in [5, 5.41) is 9.20. The molecule has 1 heterocycles. The molecule has 6 heteroatoms. The smallest absolute Gasteiger partial charge is 0.145 e. The third-order valence-electron chi connectivity index (χ3n) is 3.15. The third kappa shape index (κ3) is 3.33. The Hall–Kier alpha value is -1.40. The summed E-state index contributed by atoms with van der Waals surface area (Å²) < 4.78 is 0. The van der Waals surface area contributed by atoms with Gasteiger partial charge in [-0.25, -0.2) is 15.8 Å². The van der Waals surface area contributed by atoms with Gasteiger partial charge >= 0.3 is 0 Å². The van der Waals surface area contributed by atoms with Gasteiger partial charge in [-0.3, -0.25) is 0 Å². The molecule has 1 aliphatic carbocycles. The van der Waals surface area contributed by atoms with E-state index in [1.807, 2.05) is 6.07 Å². The second-order valence-electron chi connectivity index (χ2n) is 5.98. The molecular weight excluding hydrogens is 242 g/mol. The van der Waals surface area contributed by atoms with E-state index < -0.39 is 0 Å². The molecule has 0 spiro atoms. The van der Waals surface area contributed by atoms with Gasteiger partial charge in [0, 0.05) is 24.1 Å². The van der Waals surface area contributed by atoms with Crippen LogP contribution >= 0.6 is 0 Å². The van der Waals surface area contributed by atoms with E-state index in [0.717, 1.165) is 24.5 Å². The van der Waals surface area contributed by atoms with Gasteiger partial charge in [0.2, 0.25) is 0 Å². The lowest BCUT2D eigenvalue weighted by atomic mass is 9.96. The highest BCUT2D eigenvalue weighted by Crippen LogP contribution is 2.32. The summed E-state index contributed by atoms with van der Waals surface area (Å²) in [6, 6.07) is 2.32. The van der Waals surface area contributed by atoms with Gasteiger partial charge in [0.1, 0.15) is 17.5 Å². The van der Waals surface area contributed by atoms with Crippen LogP contribution in [0.2, 0.25) is 0 Å². The zero-order chi connectivity index (χ0) is 14.0. The number of nitrogens with zero attached hydrogens (tertiary/aromatic N) is 3. The molecule has 0 unspecified atom stereocenters. The largest absolute Gasteiger partial charge is 0.395 e. The van der Waals surface area contributed by atoms with Crippen molar-refractivity contribution < 1.29 is 5.11 Å². The van der Waals surface area contributed by atoms with Gasteiger partial charge in [0.05, 0.1) is 6.61 Å². The highest BCUT2D eigenvalue weighted by Gasteiger charge is 2.31. The first-order chi connectivity index (χ1) is 8.95. The van der Waals surface area contributed by atoms with Crippen molar-refractivity contribution in [2.45, 2.75) is 45.1 Å². The number of hydrazine groups is 1. The van der Waals surface area contributed by atoms with Crippen LogP contribution in [-0.2, 0) is 5.41 Å². The standard InChI is InChI=1S/C13H23N5O/c1-13(2,3)12-15-10(17-14)8-11(16-12)18(6-7-19)9-4-5-9/h8-9,19H,4-7,14H2,1-3H3,(H,15,16,17). The van der Waals surface area contributed by atoms with Gasteiger partial charge in [-0.15, -0.1) is 0 Å². The zero-order valence-corrected chi connectivity index (χ0v) is 11.8. The molecule has 1 aliphatic rings. The van der Waals surface area contributed by atoms with Crippen molar-refractivity contribution in [3.63, 3.8) is 0 Å². The number of nitrogens with one attached hydrogen (secondary N) is 1. The lowest BCUT2D eigenvalue weighted by Crippen LogP contribution is -2.31. The minimum Gasteiger partial charge on any atom is -0.395 e. The molecule has 4 N–H and O–H groups in total. The Morgan fingerprint density at radius 2 is 2.11 bits per heavy atom. The van der Waals surface area contributed by atoms with Crippen LogP contribution in [0.15, 0.2) is 6.07 Å². The lowest BCUT2D eigenvalue weighted by molar-refractivity contribution is 0.301. The maximum absolute atomic E-state index is 9.20. The first kappa shape index (κ1) is 14.0. The normalized spacial score (nSPS) is 15.4. The minimum absolute atomic E-state index is 0.122. The molecule has 0 aliphatic heterocycles. The molecule has 0 amide bonds. The van der Waals surface area contributed by atoms with Crippen molar-refractivity contribution in [2.24, 2.45) is 5.84 Å². The summed E-state index contributed by atoms with van der Waals surface area (Å²) in [7, 11) is 0. The Balaban J connectivity index is 2.37. The number of aliphatic hydroxyl groups excluding tert-OH is 1. The van der Waals surface area contributed by atoms with Gasteiger partial charge in [0.25, 0.3) is 0 Å². The second-order valence-corrected chi connectivity index (χ2v) is 5.98. The Morgan fingerprint density at radius 1 is 1.42 bits per heavy atom. The average molecular weight is 265 g/mol. The van der Waals surface area contributed by atoms with Crippen LogP contribution in [0.5, 0.6) is 0 Å². The Morgan fingerprint density at radius 3 is 2.58 bits per heavy atom. The van der Waals surface area contributed by atoms with Crippen LogP contribution in [0.3, 0.4) is 0 Å². The number of nitrogens with two attached hydrogens (primary N) is 1. The van der Waals surface area contributed by atoms with Crippen molar-refractivity contribution in [3.8, 4) is 0 Å². The summed E-state index contributed by atoms with van der Waals surface area (Å²) >= 11 is 0. The van der Waals surface area contributed by atoms with Gasteiger partial charge in [-0.1, -0.05) is 20.8 Å². The van der Waals surface area contributed by atoms with Crippen LogP contribution in [0.1, 0.15) is 39.4 Å². The SMILES string of the molecule is CC(C)(C)c1nc(NN)cc(N(CCO)C2CC2)n1. The fourth-order valence-corrected chi connectivity index (χ4v) is 1.97. The van der Waals surface area contributed by atoms with Crippen molar-refractivity contribution in [2.75, 3.05) is 23.5 Å². The topological polar surface area (TPSA) is 87.3 Å². The first-order valence-corrected chi connectivity index (χ1v) is 6.69. The van der Waals surface area contributed by atoms with E-state index >= 15 is 0 Å². The lowest BCUT2D eigenvalue weighted by Gasteiger charge is -2.25. The van der Waals surface area contributed by atoms with Crippen LogP contribution in [0.25, 0.3) is 0 Å². The quantitative estimate of drug-likeness (QED) is 0.544. The molecule has 106 valence electrons. The fourth-order valence-electron chi connectivity index (χ4n) is 1.97. The Labute approximate surface area is 114 Å². The predicted octanol–water partition coefficient (Wildman–Crippen LogP) is 1.02. The fraction of sp³-hybridized carbons (Fsp3) is 0.692. The number of hydrogen-bond donors (Lipinski definition) is 3. The third-order valence-corrected chi connectivity index (χ3v) is 3.15. The predicted molar refractivity (Wildman–Crippen MR) is 76.0 cm³/mol. The Kier molecular flexibility index (Phi) is 3.91. The number of nitrogen functional groups attached to an aromatic ring is 1. The van der Waals surface area contributed by atoms with E-state index in [1.165, 1.54) is 0 Å². The molecule has 1 aromatic heterocycles. The Bertz CT molecular complexity index is 439. The van der Waals surface area contributed by atoms with Crippen molar-refractivity contribution >= 4 is 11.6 Å². The molecule has 2 rings (SSSR count). The number of aromatic nitrogens is 2. The van der Waals surface area contributed by atoms with Crippen molar-refractivity contribution in [1.29, 1.82) is 0 Å². The van der Waals surface area contributed by atoms with Crippen LogP contribution < -0.4 is 16.2 Å². The monoisotopic (exact) mass is 265 g/mol. The number of hydrogen-bond acceptors (Lipinski definition) is 6. The molecule has 1 saturated carbocycles. The van der Waals surface area contributed by atoms with E-state index in [1.54, 1.807) is 0 Å². The van der Waals surface area contributed by atoms with Crippen molar-refractivity contribution in [1.82, 2.24) is 9.97 Å².